The Morgan fingerprint density at radius 1 is 1.02 bits per heavy atom. The molecule has 2 N–H and O–H groups in total. The van der Waals surface area contributed by atoms with Gasteiger partial charge in [0.1, 0.15) is 30.3 Å². The molecule has 3 atom stereocenters. The lowest BCUT2D eigenvalue weighted by atomic mass is 9.57. The molecule has 1 fully saturated rings. The van der Waals surface area contributed by atoms with Crippen molar-refractivity contribution >= 4 is 12.2 Å². The number of ether oxygens (including phenoxy) is 3. The number of allylic oxidation sites excluding steroid dienone is 2. The number of terminal acetylenes is 2. The minimum Gasteiger partial charge on any atom is -0.507 e. The molecule has 4 rings (SSSR count). The lowest BCUT2D eigenvalue weighted by Gasteiger charge is -2.55. The van der Waals surface area contributed by atoms with Gasteiger partial charge in [-0.15, -0.1) is 12.8 Å². The number of fused-ring (bicyclic) bond motifs is 2. The SMILES string of the molecule is C#CCOc1cc(/C=C/c2cc3c(c(OCC#C)c2)O[C@]2(C)CC[C@@H](O)C(C)(C)[C@H]2C3)cc(O)c1CC=C(C)C. The molecule has 2 aliphatic rings. The summed E-state index contributed by atoms with van der Waals surface area (Å²) in [7, 11) is 0. The molecule has 0 saturated heterocycles. The summed E-state index contributed by atoms with van der Waals surface area (Å²) in [6, 6.07) is 7.64. The molecular weight excluding hydrogens is 500 g/mol. The van der Waals surface area contributed by atoms with Crippen LogP contribution >= 0.6 is 0 Å². The van der Waals surface area contributed by atoms with Crippen LogP contribution in [0.25, 0.3) is 12.2 Å². The Morgan fingerprint density at radius 2 is 1.65 bits per heavy atom. The summed E-state index contributed by atoms with van der Waals surface area (Å²) in [6.07, 6.45) is 19.3. The van der Waals surface area contributed by atoms with E-state index in [1.165, 1.54) is 0 Å². The summed E-state index contributed by atoms with van der Waals surface area (Å²) in [4.78, 5) is 0. The van der Waals surface area contributed by atoms with Crippen molar-refractivity contribution in [1.29, 1.82) is 0 Å². The predicted molar refractivity (Wildman–Crippen MR) is 161 cm³/mol. The van der Waals surface area contributed by atoms with Crippen molar-refractivity contribution in [2.75, 3.05) is 13.2 Å². The third kappa shape index (κ3) is 6.01. The molecule has 2 aromatic carbocycles. The zero-order chi connectivity index (χ0) is 29.1. The maximum absolute atomic E-state index is 10.8. The maximum Gasteiger partial charge on any atom is 0.165 e. The molecule has 1 saturated carbocycles. The third-order valence-corrected chi connectivity index (χ3v) is 8.33. The lowest BCUT2D eigenvalue weighted by Crippen LogP contribution is -2.58. The highest BCUT2D eigenvalue weighted by Crippen LogP contribution is 2.55. The lowest BCUT2D eigenvalue weighted by molar-refractivity contribution is -0.138. The van der Waals surface area contributed by atoms with E-state index in [1.54, 1.807) is 6.07 Å². The van der Waals surface area contributed by atoms with Crippen molar-refractivity contribution in [3.63, 3.8) is 0 Å². The minimum atomic E-state index is -0.402. The van der Waals surface area contributed by atoms with Crippen LogP contribution in [0.15, 0.2) is 35.9 Å². The Morgan fingerprint density at radius 3 is 2.30 bits per heavy atom. The monoisotopic (exact) mass is 540 g/mol. The van der Waals surface area contributed by atoms with Crippen LogP contribution < -0.4 is 14.2 Å². The summed E-state index contributed by atoms with van der Waals surface area (Å²) >= 11 is 0. The molecule has 0 bridgehead atoms. The predicted octanol–water partition coefficient (Wildman–Crippen LogP) is 6.59. The first-order valence-electron chi connectivity index (χ1n) is 13.8. The standard InChI is InChI=1S/C35H40O5/c1-8-16-38-29-20-25(19-28(36)27(29)13-10-23(3)4)12-11-24-18-26-22-31-34(5,6)32(37)14-15-35(31,7)40-33(26)30(21-24)39-17-9-2/h1-2,10-12,18-21,31-32,36-37H,13-17,22H2,3-7H3/b12-11+/t31-,32-,35-/m1/s1. The van der Waals surface area contributed by atoms with E-state index in [0.29, 0.717) is 29.9 Å². The number of hydrogen-bond acceptors (Lipinski definition) is 5. The Labute approximate surface area is 238 Å². The van der Waals surface area contributed by atoms with E-state index in [2.05, 4.69) is 38.7 Å². The van der Waals surface area contributed by atoms with Crippen molar-refractivity contribution in [2.45, 2.75) is 72.0 Å². The Kier molecular flexibility index (Phi) is 8.57. The van der Waals surface area contributed by atoms with E-state index < -0.39 is 5.60 Å². The minimum absolute atomic E-state index is 0.111. The van der Waals surface area contributed by atoms with E-state index in [0.717, 1.165) is 40.9 Å². The van der Waals surface area contributed by atoms with E-state index >= 15 is 0 Å². The van der Waals surface area contributed by atoms with Crippen molar-refractivity contribution < 1.29 is 24.4 Å². The topological polar surface area (TPSA) is 68.2 Å². The number of rotatable bonds is 8. The van der Waals surface area contributed by atoms with Gasteiger partial charge in [-0.3, -0.25) is 0 Å². The fourth-order valence-electron chi connectivity index (χ4n) is 6.02. The van der Waals surface area contributed by atoms with Gasteiger partial charge in [0, 0.05) is 11.5 Å². The number of phenolic OH excluding ortho intramolecular Hbond substituents is 1. The average Bonchev–Trinajstić information content (AvgIpc) is 2.90. The number of aliphatic hydroxyl groups excluding tert-OH is 1. The van der Waals surface area contributed by atoms with Crippen LogP contribution in [0, 0.1) is 36.0 Å². The first-order chi connectivity index (χ1) is 19.0. The van der Waals surface area contributed by atoms with Crippen LogP contribution in [-0.4, -0.2) is 35.1 Å². The van der Waals surface area contributed by atoms with E-state index in [1.807, 2.05) is 44.2 Å². The van der Waals surface area contributed by atoms with Crippen LogP contribution in [0.3, 0.4) is 0 Å². The van der Waals surface area contributed by atoms with E-state index in [-0.39, 0.29) is 36.4 Å². The Hall–Kier alpha value is -3.80. The third-order valence-electron chi connectivity index (χ3n) is 8.33. The molecule has 0 aromatic heterocycles. The molecule has 0 spiro atoms. The molecule has 40 heavy (non-hydrogen) atoms. The van der Waals surface area contributed by atoms with Crippen LogP contribution in [0.2, 0.25) is 0 Å². The highest BCUT2D eigenvalue weighted by Gasteiger charge is 2.54. The molecule has 0 amide bonds. The summed E-state index contributed by atoms with van der Waals surface area (Å²) in [5, 5.41) is 21.6. The molecule has 1 aliphatic carbocycles. The molecule has 0 unspecified atom stereocenters. The quantitative estimate of drug-likeness (QED) is 0.225. The van der Waals surface area contributed by atoms with Crippen LogP contribution in [0.4, 0.5) is 0 Å². The van der Waals surface area contributed by atoms with Crippen LogP contribution in [0.5, 0.6) is 23.0 Å². The fraction of sp³-hybridized carbons (Fsp3) is 0.429. The average molecular weight is 541 g/mol. The molecule has 1 heterocycles. The van der Waals surface area contributed by atoms with Crippen molar-refractivity contribution in [3.05, 3.63) is 58.2 Å². The molecule has 5 heteroatoms. The summed E-state index contributed by atoms with van der Waals surface area (Å²) in [6.45, 7) is 10.7. The Bertz CT molecular complexity index is 1400. The first kappa shape index (κ1) is 29.2. The molecule has 210 valence electrons. The van der Waals surface area contributed by atoms with Gasteiger partial charge in [-0.25, -0.2) is 0 Å². The number of benzene rings is 2. The second kappa shape index (κ2) is 11.7. The van der Waals surface area contributed by atoms with E-state index in [9.17, 15) is 10.2 Å². The molecule has 2 aromatic rings. The van der Waals surface area contributed by atoms with Gasteiger partial charge in [-0.1, -0.05) is 49.5 Å². The maximum atomic E-state index is 10.8. The molecule has 0 radical (unpaired) electrons. The second-order valence-corrected chi connectivity index (χ2v) is 11.9. The van der Waals surface area contributed by atoms with Crippen molar-refractivity contribution in [1.82, 2.24) is 0 Å². The zero-order valence-electron chi connectivity index (χ0n) is 24.2. The normalized spacial score (nSPS) is 22.7. The Balaban J connectivity index is 1.71. The van der Waals surface area contributed by atoms with Gasteiger partial charge in [0.2, 0.25) is 0 Å². The smallest absolute Gasteiger partial charge is 0.165 e. The number of aliphatic hydroxyl groups is 1. The number of aromatic hydroxyl groups is 1. The highest BCUT2D eigenvalue weighted by atomic mass is 16.5. The number of hydrogen-bond donors (Lipinski definition) is 2. The molecule has 5 nitrogen and oxygen atoms in total. The second-order valence-electron chi connectivity index (χ2n) is 11.9. The van der Waals surface area contributed by atoms with Gasteiger partial charge in [0.25, 0.3) is 0 Å². The van der Waals surface area contributed by atoms with Crippen LogP contribution in [0.1, 0.15) is 69.7 Å². The molecular formula is C35H40O5. The fourth-order valence-corrected chi connectivity index (χ4v) is 6.02. The van der Waals surface area contributed by atoms with Crippen molar-refractivity contribution in [3.8, 4) is 47.7 Å². The largest absolute Gasteiger partial charge is 0.507 e. The first-order valence-corrected chi connectivity index (χ1v) is 13.8. The van der Waals surface area contributed by atoms with E-state index in [4.69, 9.17) is 27.1 Å². The number of phenols is 1. The van der Waals surface area contributed by atoms with Gasteiger partial charge in [0.05, 0.1) is 6.10 Å². The van der Waals surface area contributed by atoms with Crippen molar-refractivity contribution in [2.24, 2.45) is 11.3 Å². The highest BCUT2D eigenvalue weighted by molar-refractivity contribution is 5.74. The van der Waals surface area contributed by atoms with Gasteiger partial charge in [-0.2, -0.15) is 0 Å². The summed E-state index contributed by atoms with van der Waals surface area (Å²) < 4.78 is 18.4. The van der Waals surface area contributed by atoms with Gasteiger partial charge < -0.3 is 24.4 Å². The zero-order valence-corrected chi connectivity index (χ0v) is 24.2. The molecule has 1 aliphatic heterocycles. The van der Waals surface area contributed by atoms with Gasteiger partial charge in [0.15, 0.2) is 11.5 Å². The summed E-state index contributed by atoms with van der Waals surface area (Å²) in [5.74, 6) is 7.23. The van der Waals surface area contributed by atoms with Crippen LogP contribution in [-0.2, 0) is 12.8 Å². The van der Waals surface area contributed by atoms with Gasteiger partial charge in [-0.05, 0) is 92.8 Å². The van der Waals surface area contributed by atoms with Gasteiger partial charge >= 0.3 is 0 Å². The summed E-state index contributed by atoms with van der Waals surface area (Å²) in [5.41, 5.74) is 3.86.